The predicted octanol–water partition coefficient (Wildman–Crippen LogP) is 1.83. The maximum Gasteiger partial charge on any atom is 0.407 e. The Hall–Kier alpha value is -2.45. The van der Waals surface area contributed by atoms with E-state index in [1.807, 2.05) is 60.7 Å². The highest BCUT2D eigenvalue weighted by molar-refractivity contribution is 5.69. The summed E-state index contributed by atoms with van der Waals surface area (Å²) >= 11 is 0. The molecule has 0 bridgehead atoms. The SMILES string of the molecule is NC[C@@H](O)COCc1ccccc1.O=C1NC[C@H](COCc2ccccc2)O1. The Morgan fingerprint density at radius 3 is 2.11 bits per heavy atom. The Kier molecular flexibility index (Phi) is 10.0. The number of hydrogen-bond acceptors (Lipinski definition) is 6. The van der Waals surface area contributed by atoms with Crippen molar-refractivity contribution in [1.29, 1.82) is 0 Å². The molecule has 1 aliphatic rings. The highest BCUT2D eigenvalue weighted by Crippen LogP contribution is 2.04. The van der Waals surface area contributed by atoms with Crippen molar-refractivity contribution in [3.63, 3.8) is 0 Å². The van der Waals surface area contributed by atoms with E-state index >= 15 is 0 Å². The molecule has 7 nitrogen and oxygen atoms in total. The number of aliphatic hydroxyl groups excluding tert-OH is 1. The van der Waals surface area contributed by atoms with Crippen LogP contribution in [0.25, 0.3) is 0 Å². The highest BCUT2D eigenvalue weighted by Gasteiger charge is 2.22. The third kappa shape index (κ3) is 8.96. The summed E-state index contributed by atoms with van der Waals surface area (Å²) in [6.07, 6.45) is -1.06. The van der Waals surface area contributed by atoms with E-state index in [0.717, 1.165) is 11.1 Å². The number of ether oxygens (including phenoxy) is 3. The summed E-state index contributed by atoms with van der Waals surface area (Å²) < 4.78 is 15.6. The minimum atomic E-state index is -0.552. The number of benzene rings is 2. The molecule has 2 aromatic rings. The molecule has 0 saturated carbocycles. The summed E-state index contributed by atoms with van der Waals surface area (Å²) in [5, 5.41) is 11.7. The predicted molar refractivity (Wildman–Crippen MR) is 106 cm³/mol. The Labute approximate surface area is 165 Å². The van der Waals surface area contributed by atoms with E-state index in [-0.39, 0.29) is 18.7 Å². The van der Waals surface area contributed by atoms with Gasteiger partial charge in [-0.1, -0.05) is 60.7 Å². The van der Waals surface area contributed by atoms with Crippen LogP contribution in [0.2, 0.25) is 0 Å². The fraction of sp³-hybridized carbons (Fsp3) is 0.381. The monoisotopic (exact) mass is 388 g/mol. The lowest BCUT2D eigenvalue weighted by Gasteiger charge is -2.08. The van der Waals surface area contributed by atoms with Crippen molar-refractivity contribution in [2.24, 2.45) is 5.73 Å². The largest absolute Gasteiger partial charge is 0.442 e. The lowest BCUT2D eigenvalue weighted by Crippen LogP contribution is -2.24. The zero-order valence-electron chi connectivity index (χ0n) is 15.8. The molecule has 1 amide bonds. The molecule has 4 N–H and O–H groups in total. The molecule has 1 heterocycles. The van der Waals surface area contributed by atoms with Gasteiger partial charge in [-0.2, -0.15) is 0 Å². The molecule has 3 rings (SSSR count). The van der Waals surface area contributed by atoms with Gasteiger partial charge in [0.1, 0.15) is 6.10 Å². The van der Waals surface area contributed by atoms with Crippen LogP contribution < -0.4 is 11.1 Å². The smallest absolute Gasteiger partial charge is 0.407 e. The Bertz CT molecular complexity index is 669. The van der Waals surface area contributed by atoms with Gasteiger partial charge in [0.15, 0.2) is 0 Å². The molecule has 7 heteroatoms. The molecule has 28 heavy (non-hydrogen) atoms. The normalized spacial score (nSPS) is 16.5. The molecular formula is C21H28N2O5. The number of carbonyl (C=O) groups excluding carboxylic acids is 1. The van der Waals surface area contributed by atoms with Gasteiger partial charge in [-0.15, -0.1) is 0 Å². The van der Waals surface area contributed by atoms with Crippen molar-refractivity contribution in [2.45, 2.75) is 25.4 Å². The number of rotatable bonds is 9. The highest BCUT2D eigenvalue weighted by atomic mass is 16.6. The molecule has 2 aromatic carbocycles. The van der Waals surface area contributed by atoms with Crippen molar-refractivity contribution >= 4 is 6.09 Å². The summed E-state index contributed by atoms with van der Waals surface area (Å²) in [6, 6.07) is 19.7. The average Bonchev–Trinajstić information content (AvgIpc) is 3.15. The minimum absolute atomic E-state index is 0.152. The molecule has 1 saturated heterocycles. The van der Waals surface area contributed by atoms with Crippen LogP contribution in [0.1, 0.15) is 11.1 Å². The van der Waals surface area contributed by atoms with Crippen LogP contribution in [0.15, 0.2) is 60.7 Å². The molecule has 0 unspecified atom stereocenters. The number of alkyl carbamates (subject to hydrolysis) is 1. The van der Waals surface area contributed by atoms with E-state index in [0.29, 0.717) is 33.0 Å². The van der Waals surface area contributed by atoms with Crippen molar-refractivity contribution in [2.75, 3.05) is 26.3 Å². The standard InChI is InChI=1S/C11H13NO3.C10H15NO2/c13-11-12-6-10(15-11)8-14-7-9-4-2-1-3-5-9;11-6-10(12)8-13-7-9-4-2-1-3-5-9/h1-5,10H,6-8H2,(H,12,13);1-5,10,12H,6-8,11H2/t2*10-/m11/s1. The Morgan fingerprint density at radius 2 is 1.61 bits per heavy atom. The van der Waals surface area contributed by atoms with Crippen LogP contribution in [0, 0.1) is 0 Å². The maximum atomic E-state index is 10.7. The second-order valence-electron chi connectivity index (χ2n) is 6.30. The zero-order valence-corrected chi connectivity index (χ0v) is 15.8. The van der Waals surface area contributed by atoms with Crippen LogP contribution in [0.3, 0.4) is 0 Å². The summed E-state index contributed by atoms with van der Waals surface area (Å²) in [4.78, 5) is 10.7. The molecule has 0 aromatic heterocycles. The van der Waals surface area contributed by atoms with Crippen molar-refractivity contribution < 1.29 is 24.1 Å². The number of aliphatic hydroxyl groups is 1. The van der Waals surface area contributed by atoms with Gasteiger partial charge in [0.2, 0.25) is 0 Å². The molecule has 1 aliphatic heterocycles. The number of amides is 1. The Morgan fingerprint density at radius 1 is 1.04 bits per heavy atom. The number of cyclic esters (lactones) is 1. The maximum absolute atomic E-state index is 10.7. The topological polar surface area (TPSA) is 103 Å². The summed E-state index contributed by atoms with van der Waals surface area (Å²) in [7, 11) is 0. The van der Waals surface area contributed by atoms with Gasteiger partial charge in [-0.05, 0) is 11.1 Å². The number of carbonyl (C=O) groups is 1. The average molecular weight is 388 g/mol. The second-order valence-corrected chi connectivity index (χ2v) is 6.30. The van der Waals surface area contributed by atoms with Crippen LogP contribution in [0.5, 0.6) is 0 Å². The van der Waals surface area contributed by atoms with E-state index in [4.69, 9.17) is 25.1 Å². The van der Waals surface area contributed by atoms with E-state index in [1.165, 1.54) is 0 Å². The van der Waals surface area contributed by atoms with Crippen LogP contribution in [-0.4, -0.2) is 49.7 Å². The van der Waals surface area contributed by atoms with Crippen LogP contribution >= 0.6 is 0 Å². The quantitative estimate of drug-likeness (QED) is 0.606. The van der Waals surface area contributed by atoms with E-state index < -0.39 is 6.10 Å². The molecule has 2 atom stereocenters. The van der Waals surface area contributed by atoms with Crippen LogP contribution in [-0.2, 0) is 27.4 Å². The van der Waals surface area contributed by atoms with E-state index in [1.54, 1.807) is 0 Å². The van der Waals surface area contributed by atoms with Gasteiger partial charge < -0.3 is 30.4 Å². The van der Waals surface area contributed by atoms with Gasteiger partial charge in [-0.3, -0.25) is 0 Å². The molecule has 0 spiro atoms. The summed E-state index contributed by atoms with van der Waals surface area (Å²) in [6.45, 7) is 2.59. The lowest BCUT2D eigenvalue weighted by atomic mass is 10.2. The van der Waals surface area contributed by atoms with Crippen molar-refractivity contribution in [1.82, 2.24) is 5.32 Å². The number of hydrogen-bond donors (Lipinski definition) is 3. The lowest BCUT2D eigenvalue weighted by molar-refractivity contribution is 0.0329. The molecule has 1 fully saturated rings. The molecular weight excluding hydrogens is 360 g/mol. The summed E-state index contributed by atoms with van der Waals surface area (Å²) in [5.41, 5.74) is 7.45. The van der Waals surface area contributed by atoms with Crippen LogP contribution in [0.4, 0.5) is 4.79 Å². The minimum Gasteiger partial charge on any atom is -0.442 e. The van der Waals surface area contributed by atoms with Gasteiger partial charge in [-0.25, -0.2) is 4.79 Å². The number of nitrogens with one attached hydrogen (secondary N) is 1. The van der Waals surface area contributed by atoms with Gasteiger partial charge in [0, 0.05) is 6.54 Å². The summed E-state index contributed by atoms with van der Waals surface area (Å²) in [5.74, 6) is 0. The third-order valence-corrected chi connectivity index (χ3v) is 3.86. The molecule has 0 aliphatic carbocycles. The first-order valence-corrected chi connectivity index (χ1v) is 9.23. The Balaban J connectivity index is 0.000000203. The molecule has 152 valence electrons. The van der Waals surface area contributed by atoms with Crippen molar-refractivity contribution in [3.05, 3.63) is 71.8 Å². The second kappa shape index (κ2) is 12.9. The van der Waals surface area contributed by atoms with E-state index in [2.05, 4.69) is 5.32 Å². The van der Waals surface area contributed by atoms with Crippen molar-refractivity contribution in [3.8, 4) is 0 Å². The first-order valence-electron chi connectivity index (χ1n) is 9.23. The fourth-order valence-corrected chi connectivity index (χ4v) is 2.36. The van der Waals surface area contributed by atoms with E-state index in [9.17, 15) is 4.79 Å². The number of nitrogens with two attached hydrogens (primary N) is 1. The first kappa shape index (κ1) is 21.8. The third-order valence-electron chi connectivity index (χ3n) is 3.86. The zero-order chi connectivity index (χ0) is 20.0. The van der Waals surface area contributed by atoms with Gasteiger partial charge in [0.05, 0.1) is 39.1 Å². The molecule has 0 radical (unpaired) electrons. The fourth-order valence-electron chi connectivity index (χ4n) is 2.36. The van der Waals surface area contributed by atoms with Gasteiger partial charge >= 0.3 is 6.09 Å². The first-order chi connectivity index (χ1) is 13.7. The van der Waals surface area contributed by atoms with Gasteiger partial charge in [0.25, 0.3) is 0 Å².